The van der Waals surface area contributed by atoms with Gasteiger partial charge in [0.2, 0.25) is 5.91 Å². The molecule has 1 heterocycles. The zero-order valence-electron chi connectivity index (χ0n) is 14.4. The van der Waals surface area contributed by atoms with Crippen LogP contribution in [0, 0.1) is 17.2 Å². The van der Waals surface area contributed by atoms with Crippen LogP contribution in [-0.4, -0.2) is 53.2 Å². The van der Waals surface area contributed by atoms with E-state index >= 15 is 0 Å². The second kappa shape index (κ2) is 8.75. The lowest BCUT2D eigenvalue weighted by Crippen LogP contribution is -2.54. The van der Waals surface area contributed by atoms with Gasteiger partial charge in [0.1, 0.15) is 6.04 Å². The summed E-state index contributed by atoms with van der Waals surface area (Å²) in [6.07, 6.45) is 0. The quantitative estimate of drug-likeness (QED) is 0.749. The predicted molar refractivity (Wildman–Crippen MR) is 99.2 cm³/mol. The second-order valence-corrected chi connectivity index (χ2v) is 8.24. The van der Waals surface area contributed by atoms with E-state index in [1.165, 1.54) is 0 Å². The Morgan fingerprint density at radius 2 is 1.75 bits per heavy atom. The van der Waals surface area contributed by atoms with Crippen LogP contribution in [0.2, 0.25) is 5.02 Å². The lowest BCUT2D eigenvalue weighted by atomic mass is 10.0. The SMILES string of the molecule is CC(Sc1ccc(Cl)cc1)C(=O)N1CCN(C(C#N)C(C)C)CC1. The van der Waals surface area contributed by atoms with Crippen LogP contribution in [0.5, 0.6) is 0 Å². The Bertz CT molecular complexity index is 591. The van der Waals surface area contributed by atoms with E-state index in [9.17, 15) is 10.1 Å². The Morgan fingerprint density at radius 1 is 1.17 bits per heavy atom. The number of benzene rings is 1. The molecule has 2 atom stereocenters. The van der Waals surface area contributed by atoms with Gasteiger partial charge in [0.15, 0.2) is 0 Å². The second-order valence-electron chi connectivity index (χ2n) is 6.39. The van der Waals surface area contributed by atoms with E-state index in [1.54, 1.807) is 11.8 Å². The molecule has 0 aromatic heterocycles. The Balaban J connectivity index is 1.88. The number of piperazine rings is 1. The zero-order valence-corrected chi connectivity index (χ0v) is 16.0. The van der Waals surface area contributed by atoms with Crippen molar-refractivity contribution in [1.29, 1.82) is 5.26 Å². The average molecular weight is 366 g/mol. The summed E-state index contributed by atoms with van der Waals surface area (Å²) in [6, 6.07) is 9.88. The molecule has 0 N–H and O–H groups in total. The number of nitrogens with zero attached hydrogens (tertiary/aromatic N) is 3. The number of nitriles is 1. The maximum atomic E-state index is 12.6. The largest absolute Gasteiger partial charge is 0.339 e. The van der Waals surface area contributed by atoms with Crippen molar-refractivity contribution in [2.45, 2.75) is 37.0 Å². The molecule has 1 saturated heterocycles. The van der Waals surface area contributed by atoms with Gasteiger partial charge in [-0.2, -0.15) is 5.26 Å². The van der Waals surface area contributed by atoms with Gasteiger partial charge in [0.05, 0.1) is 11.3 Å². The third-order valence-corrected chi connectivity index (χ3v) is 5.61. The number of halogens is 1. The standard InChI is InChI=1S/C18H24ClN3OS/c1-13(2)17(12-20)21-8-10-22(11-9-21)18(23)14(3)24-16-6-4-15(19)5-7-16/h4-7,13-14,17H,8-11H2,1-3H3. The Morgan fingerprint density at radius 3 is 2.25 bits per heavy atom. The highest BCUT2D eigenvalue weighted by Gasteiger charge is 2.29. The van der Waals surface area contributed by atoms with Crippen LogP contribution in [0.3, 0.4) is 0 Å². The van der Waals surface area contributed by atoms with Crippen molar-refractivity contribution in [2.24, 2.45) is 5.92 Å². The summed E-state index contributed by atoms with van der Waals surface area (Å²) in [5.74, 6) is 0.462. The molecular weight excluding hydrogens is 342 g/mol. The molecular formula is C18H24ClN3OS. The van der Waals surface area contributed by atoms with Crippen molar-refractivity contribution in [3.63, 3.8) is 0 Å². The van der Waals surface area contributed by atoms with Gasteiger partial charge >= 0.3 is 0 Å². The molecule has 1 amide bonds. The minimum absolute atomic E-state index is 0.0666. The Hall–Kier alpha value is -1.22. The molecule has 1 aliphatic heterocycles. The summed E-state index contributed by atoms with van der Waals surface area (Å²) in [5.41, 5.74) is 0. The van der Waals surface area contributed by atoms with Crippen molar-refractivity contribution in [3.05, 3.63) is 29.3 Å². The van der Waals surface area contributed by atoms with Crippen LogP contribution in [0.25, 0.3) is 0 Å². The lowest BCUT2D eigenvalue weighted by Gasteiger charge is -2.38. The van der Waals surface area contributed by atoms with E-state index in [2.05, 4.69) is 24.8 Å². The van der Waals surface area contributed by atoms with Crippen LogP contribution >= 0.6 is 23.4 Å². The molecule has 1 aromatic carbocycles. The zero-order chi connectivity index (χ0) is 17.7. The van der Waals surface area contributed by atoms with Gasteiger partial charge in [-0.05, 0) is 37.1 Å². The molecule has 0 aliphatic carbocycles. The van der Waals surface area contributed by atoms with Crippen molar-refractivity contribution in [2.75, 3.05) is 26.2 Å². The van der Waals surface area contributed by atoms with Crippen LogP contribution in [-0.2, 0) is 4.79 Å². The molecule has 1 aromatic rings. The number of rotatable bonds is 5. The number of carbonyl (C=O) groups is 1. The molecule has 0 bridgehead atoms. The fourth-order valence-electron chi connectivity index (χ4n) is 2.90. The predicted octanol–water partition coefficient (Wildman–Crippen LogP) is 3.51. The highest BCUT2D eigenvalue weighted by atomic mass is 35.5. The number of hydrogen-bond acceptors (Lipinski definition) is 4. The van der Waals surface area contributed by atoms with E-state index in [-0.39, 0.29) is 17.2 Å². The van der Waals surface area contributed by atoms with E-state index in [4.69, 9.17) is 11.6 Å². The molecule has 24 heavy (non-hydrogen) atoms. The molecule has 6 heteroatoms. The first-order valence-corrected chi connectivity index (χ1v) is 9.52. The molecule has 1 fully saturated rings. The van der Waals surface area contributed by atoms with Crippen LogP contribution in [0.15, 0.2) is 29.2 Å². The minimum atomic E-state index is -0.130. The van der Waals surface area contributed by atoms with Crippen LogP contribution in [0.1, 0.15) is 20.8 Å². The summed E-state index contributed by atoms with van der Waals surface area (Å²) in [5, 5.41) is 9.88. The number of hydrogen-bond donors (Lipinski definition) is 0. The summed E-state index contributed by atoms with van der Waals surface area (Å²) in [4.78, 5) is 17.8. The first-order chi connectivity index (χ1) is 11.4. The van der Waals surface area contributed by atoms with E-state index in [1.807, 2.05) is 36.1 Å². The first kappa shape index (κ1) is 19.1. The van der Waals surface area contributed by atoms with Gasteiger partial charge in [0.25, 0.3) is 0 Å². The van der Waals surface area contributed by atoms with Gasteiger partial charge in [-0.3, -0.25) is 9.69 Å². The third kappa shape index (κ3) is 4.89. The monoisotopic (exact) mass is 365 g/mol. The van der Waals surface area contributed by atoms with Crippen LogP contribution in [0.4, 0.5) is 0 Å². The maximum absolute atomic E-state index is 12.6. The van der Waals surface area contributed by atoms with E-state index < -0.39 is 0 Å². The first-order valence-electron chi connectivity index (χ1n) is 8.27. The summed E-state index contributed by atoms with van der Waals surface area (Å²) >= 11 is 7.45. The summed E-state index contributed by atoms with van der Waals surface area (Å²) in [6.45, 7) is 8.98. The molecule has 0 spiro atoms. The van der Waals surface area contributed by atoms with Crippen molar-refractivity contribution < 1.29 is 4.79 Å². The molecule has 130 valence electrons. The number of thioether (sulfide) groups is 1. The molecule has 2 unspecified atom stereocenters. The van der Waals surface area contributed by atoms with Crippen LogP contribution < -0.4 is 0 Å². The molecule has 2 rings (SSSR count). The molecule has 4 nitrogen and oxygen atoms in total. The fourth-order valence-corrected chi connectivity index (χ4v) is 3.97. The van der Waals surface area contributed by atoms with Gasteiger partial charge < -0.3 is 4.90 Å². The van der Waals surface area contributed by atoms with Crippen molar-refractivity contribution in [3.8, 4) is 6.07 Å². The van der Waals surface area contributed by atoms with Gasteiger partial charge in [-0.1, -0.05) is 25.4 Å². The Labute approximate surface area is 153 Å². The molecule has 1 aliphatic rings. The van der Waals surface area contributed by atoms with E-state index in [0.717, 1.165) is 18.0 Å². The van der Waals surface area contributed by atoms with Crippen molar-refractivity contribution in [1.82, 2.24) is 9.80 Å². The number of amides is 1. The fraction of sp³-hybridized carbons (Fsp3) is 0.556. The summed E-state index contributed by atoms with van der Waals surface area (Å²) in [7, 11) is 0. The Kier molecular flexibility index (Phi) is 6.97. The van der Waals surface area contributed by atoms with E-state index in [0.29, 0.717) is 24.0 Å². The van der Waals surface area contributed by atoms with Gasteiger partial charge in [0, 0.05) is 36.1 Å². The van der Waals surface area contributed by atoms with Crippen molar-refractivity contribution >= 4 is 29.3 Å². The molecule has 0 radical (unpaired) electrons. The molecule has 0 saturated carbocycles. The highest BCUT2D eigenvalue weighted by molar-refractivity contribution is 8.00. The normalized spacial score (nSPS) is 18.2. The van der Waals surface area contributed by atoms with Gasteiger partial charge in [-0.15, -0.1) is 11.8 Å². The topological polar surface area (TPSA) is 47.3 Å². The highest BCUT2D eigenvalue weighted by Crippen LogP contribution is 2.26. The minimum Gasteiger partial charge on any atom is -0.339 e. The van der Waals surface area contributed by atoms with Gasteiger partial charge in [-0.25, -0.2) is 0 Å². The smallest absolute Gasteiger partial charge is 0.235 e. The maximum Gasteiger partial charge on any atom is 0.235 e. The average Bonchev–Trinajstić information content (AvgIpc) is 2.57. The lowest BCUT2D eigenvalue weighted by molar-refractivity contribution is -0.132. The number of carbonyl (C=O) groups excluding carboxylic acids is 1. The third-order valence-electron chi connectivity index (χ3n) is 4.26. The summed E-state index contributed by atoms with van der Waals surface area (Å²) < 4.78 is 0.